The van der Waals surface area contributed by atoms with E-state index in [1.807, 2.05) is 0 Å². The normalized spacial score (nSPS) is 15.8. The van der Waals surface area contributed by atoms with E-state index in [2.05, 4.69) is 10.3 Å². The molecule has 0 aliphatic carbocycles. The molecule has 2 heterocycles. The Bertz CT molecular complexity index is 893. The van der Waals surface area contributed by atoms with Crippen molar-refractivity contribution >= 4 is 21.7 Å². The van der Waals surface area contributed by atoms with Crippen LogP contribution in [-0.4, -0.2) is 61.9 Å². The number of pyridine rings is 1. The number of piperidine rings is 1. The van der Waals surface area contributed by atoms with Gasteiger partial charge in [0.1, 0.15) is 6.10 Å². The zero-order valence-corrected chi connectivity index (χ0v) is 16.7. The van der Waals surface area contributed by atoms with E-state index in [0.29, 0.717) is 42.4 Å². The number of carbonyl (C=O) groups excluding carboxylic acids is 1. The molecule has 0 saturated carbocycles. The van der Waals surface area contributed by atoms with Crippen molar-refractivity contribution < 1.29 is 17.9 Å². The number of carbonyl (C=O) groups is 1. The lowest BCUT2D eigenvalue weighted by molar-refractivity contribution is 0.130. The van der Waals surface area contributed by atoms with E-state index in [9.17, 15) is 13.2 Å². The van der Waals surface area contributed by atoms with Gasteiger partial charge in [0.15, 0.2) is 0 Å². The van der Waals surface area contributed by atoms with Gasteiger partial charge in [-0.3, -0.25) is 0 Å². The van der Waals surface area contributed by atoms with Gasteiger partial charge in [0, 0.05) is 33.3 Å². The Hall–Kier alpha value is -2.65. The van der Waals surface area contributed by atoms with Crippen molar-refractivity contribution in [2.75, 3.05) is 32.5 Å². The number of sulfonamides is 1. The Kier molecular flexibility index (Phi) is 6.15. The highest BCUT2D eigenvalue weighted by molar-refractivity contribution is 7.89. The number of nitrogens with zero attached hydrogens (tertiary/aromatic N) is 3. The number of aromatic nitrogens is 1. The number of amides is 2. The van der Waals surface area contributed by atoms with Crippen molar-refractivity contribution in [3.8, 4) is 5.88 Å². The minimum atomic E-state index is -3.46. The van der Waals surface area contributed by atoms with Gasteiger partial charge < -0.3 is 15.0 Å². The second-order valence-corrected chi connectivity index (χ2v) is 8.68. The summed E-state index contributed by atoms with van der Waals surface area (Å²) in [4.78, 5) is 17.6. The van der Waals surface area contributed by atoms with Crippen LogP contribution in [0.25, 0.3) is 0 Å². The number of nitrogens with one attached hydrogen (secondary N) is 1. The molecule has 1 N–H and O–H groups in total. The standard InChI is InChI=1S/C19H24N4O4S/c1-22(2)19(24)21-15-8-9-18(20-14-15)27-16-10-12-23(13-11-16)28(25,26)17-6-4-3-5-7-17/h3-9,14,16H,10-13H2,1-2H3,(H,21,24). The molecule has 0 radical (unpaired) electrons. The van der Waals surface area contributed by atoms with Gasteiger partial charge in [-0.15, -0.1) is 0 Å². The molecule has 0 bridgehead atoms. The van der Waals surface area contributed by atoms with Crippen molar-refractivity contribution in [1.29, 1.82) is 0 Å². The molecule has 2 aromatic rings. The average Bonchev–Trinajstić information content (AvgIpc) is 2.70. The summed E-state index contributed by atoms with van der Waals surface area (Å²) < 4.78 is 32.7. The molecule has 1 fully saturated rings. The predicted octanol–water partition coefficient (Wildman–Crippen LogP) is 2.41. The van der Waals surface area contributed by atoms with Crippen LogP contribution < -0.4 is 10.1 Å². The molecule has 0 atom stereocenters. The minimum Gasteiger partial charge on any atom is -0.474 e. The Balaban J connectivity index is 1.54. The Morgan fingerprint density at radius 1 is 1.14 bits per heavy atom. The van der Waals surface area contributed by atoms with Crippen molar-refractivity contribution in [3.63, 3.8) is 0 Å². The number of rotatable bonds is 5. The lowest BCUT2D eigenvalue weighted by Gasteiger charge is -2.31. The zero-order chi connectivity index (χ0) is 20.1. The molecule has 28 heavy (non-hydrogen) atoms. The van der Waals surface area contributed by atoms with Gasteiger partial charge in [0.25, 0.3) is 0 Å². The first-order chi connectivity index (χ1) is 13.4. The van der Waals surface area contributed by atoms with E-state index in [4.69, 9.17) is 4.74 Å². The monoisotopic (exact) mass is 404 g/mol. The van der Waals surface area contributed by atoms with Crippen molar-refractivity contribution in [1.82, 2.24) is 14.2 Å². The molecule has 9 heteroatoms. The Labute approximate surface area is 165 Å². The second kappa shape index (κ2) is 8.57. The van der Waals surface area contributed by atoms with E-state index in [-0.39, 0.29) is 12.1 Å². The van der Waals surface area contributed by atoms with Crippen molar-refractivity contribution in [3.05, 3.63) is 48.7 Å². The molecule has 1 aliphatic heterocycles. The molecule has 0 spiro atoms. The van der Waals surface area contributed by atoms with E-state index < -0.39 is 10.0 Å². The van der Waals surface area contributed by atoms with E-state index in [1.54, 1.807) is 56.6 Å². The highest BCUT2D eigenvalue weighted by atomic mass is 32.2. The fraction of sp³-hybridized carbons (Fsp3) is 0.368. The zero-order valence-electron chi connectivity index (χ0n) is 15.9. The maximum atomic E-state index is 12.7. The third-order valence-electron chi connectivity index (χ3n) is 4.46. The van der Waals surface area contributed by atoms with Crippen molar-refractivity contribution in [2.24, 2.45) is 0 Å². The number of benzene rings is 1. The van der Waals surface area contributed by atoms with Crippen molar-refractivity contribution in [2.45, 2.75) is 23.8 Å². The van der Waals surface area contributed by atoms with Crippen LogP contribution in [0.2, 0.25) is 0 Å². The molecule has 1 aromatic heterocycles. The van der Waals surface area contributed by atoms with Crippen LogP contribution in [-0.2, 0) is 10.0 Å². The van der Waals surface area contributed by atoms with Gasteiger partial charge in [0.2, 0.25) is 15.9 Å². The summed E-state index contributed by atoms with van der Waals surface area (Å²) in [6.45, 7) is 0.803. The molecular formula is C19H24N4O4S. The Morgan fingerprint density at radius 3 is 2.39 bits per heavy atom. The summed E-state index contributed by atoms with van der Waals surface area (Å²) in [5.41, 5.74) is 0.579. The van der Waals surface area contributed by atoms with Gasteiger partial charge in [-0.1, -0.05) is 18.2 Å². The van der Waals surface area contributed by atoms with Crippen LogP contribution in [0.4, 0.5) is 10.5 Å². The van der Waals surface area contributed by atoms with Gasteiger partial charge in [0.05, 0.1) is 16.8 Å². The predicted molar refractivity (Wildman–Crippen MR) is 106 cm³/mol. The summed E-state index contributed by atoms with van der Waals surface area (Å²) in [6.07, 6.45) is 2.61. The van der Waals surface area contributed by atoms with Gasteiger partial charge in [-0.05, 0) is 31.0 Å². The highest BCUT2D eigenvalue weighted by Gasteiger charge is 2.30. The largest absolute Gasteiger partial charge is 0.474 e. The van der Waals surface area contributed by atoms with Gasteiger partial charge in [-0.25, -0.2) is 18.2 Å². The van der Waals surface area contributed by atoms with Gasteiger partial charge >= 0.3 is 6.03 Å². The lowest BCUT2D eigenvalue weighted by Crippen LogP contribution is -2.41. The minimum absolute atomic E-state index is 0.100. The first kappa shape index (κ1) is 20.1. The summed E-state index contributed by atoms with van der Waals surface area (Å²) in [5.74, 6) is 0.451. The molecule has 2 amide bonds. The summed E-state index contributed by atoms with van der Waals surface area (Å²) in [5, 5.41) is 2.71. The van der Waals surface area contributed by atoms with Crippen LogP contribution in [0.15, 0.2) is 53.6 Å². The van der Waals surface area contributed by atoms with Crippen LogP contribution in [0.3, 0.4) is 0 Å². The van der Waals surface area contributed by atoms with Crippen LogP contribution in [0, 0.1) is 0 Å². The fourth-order valence-corrected chi connectivity index (χ4v) is 4.35. The first-order valence-electron chi connectivity index (χ1n) is 9.02. The summed E-state index contributed by atoms with van der Waals surface area (Å²) >= 11 is 0. The SMILES string of the molecule is CN(C)C(=O)Nc1ccc(OC2CCN(S(=O)(=O)c3ccccc3)CC2)nc1. The number of urea groups is 1. The summed E-state index contributed by atoms with van der Waals surface area (Å²) in [7, 11) is -0.150. The average molecular weight is 404 g/mol. The Morgan fingerprint density at radius 2 is 1.82 bits per heavy atom. The van der Waals surface area contributed by atoms with E-state index in [1.165, 1.54) is 15.4 Å². The molecule has 1 aliphatic rings. The highest BCUT2D eigenvalue weighted by Crippen LogP contribution is 2.23. The molecular weight excluding hydrogens is 380 g/mol. The topological polar surface area (TPSA) is 91.8 Å². The number of anilines is 1. The molecule has 150 valence electrons. The quantitative estimate of drug-likeness (QED) is 0.826. The van der Waals surface area contributed by atoms with E-state index in [0.717, 1.165) is 0 Å². The van der Waals surface area contributed by atoms with E-state index >= 15 is 0 Å². The number of ether oxygens (including phenoxy) is 1. The lowest BCUT2D eigenvalue weighted by atomic mass is 10.1. The first-order valence-corrected chi connectivity index (χ1v) is 10.5. The maximum Gasteiger partial charge on any atom is 0.321 e. The molecule has 3 rings (SSSR count). The maximum absolute atomic E-state index is 12.7. The van der Waals surface area contributed by atoms with Crippen LogP contribution >= 0.6 is 0 Å². The van der Waals surface area contributed by atoms with Crippen LogP contribution in [0.5, 0.6) is 5.88 Å². The number of hydrogen-bond acceptors (Lipinski definition) is 5. The molecule has 8 nitrogen and oxygen atoms in total. The molecule has 1 aromatic carbocycles. The number of hydrogen-bond donors (Lipinski definition) is 1. The second-order valence-electron chi connectivity index (χ2n) is 6.74. The van der Waals surface area contributed by atoms with Crippen LogP contribution in [0.1, 0.15) is 12.8 Å². The molecule has 1 saturated heterocycles. The molecule has 0 unspecified atom stereocenters. The fourth-order valence-electron chi connectivity index (χ4n) is 2.86. The summed E-state index contributed by atoms with van der Waals surface area (Å²) in [6, 6.07) is 11.6. The third kappa shape index (κ3) is 4.79. The third-order valence-corrected chi connectivity index (χ3v) is 6.38. The van der Waals surface area contributed by atoms with Gasteiger partial charge in [-0.2, -0.15) is 4.31 Å². The smallest absolute Gasteiger partial charge is 0.321 e.